The van der Waals surface area contributed by atoms with Crippen LogP contribution in [0.5, 0.6) is 0 Å². The molecule has 390 valence electrons. The van der Waals surface area contributed by atoms with Crippen LogP contribution >= 0.6 is 0 Å². The first-order chi connectivity index (χ1) is 33.6. The smallest absolute Gasteiger partial charge is 0.306 e. The van der Waals surface area contributed by atoms with Crippen LogP contribution < -0.4 is 0 Å². The van der Waals surface area contributed by atoms with Crippen LogP contribution in [0.2, 0.25) is 0 Å². The number of rotatable bonds is 52. The molecule has 5 nitrogen and oxygen atoms in total. The number of aliphatic hydroxyl groups excluding tert-OH is 1. The van der Waals surface area contributed by atoms with Crippen molar-refractivity contribution < 1.29 is 24.2 Å². The molecule has 0 spiro atoms. The highest BCUT2D eigenvalue weighted by Gasteiger charge is 2.16. The molecule has 0 amide bonds. The molecule has 5 heteroatoms. The van der Waals surface area contributed by atoms with Gasteiger partial charge in [0.1, 0.15) is 6.61 Å². The van der Waals surface area contributed by atoms with Crippen LogP contribution in [0.4, 0.5) is 0 Å². The average molecular weight is 946 g/mol. The largest absolute Gasteiger partial charge is 0.462 e. The Hall–Kier alpha value is -3.18. The van der Waals surface area contributed by atoms with Gasteiger partial charge in [-0.1, -0.05) is 259 Å². The van der Waals surface area contributed by atoms with Crippen LogP contribution in [0.15, 0.2) is 97.2 Å². The van der Waals surface area contributed by atoms with Gasteiger partial charge in [0.2, 0.25) is 0 Å². The van der Waals surface area contributed by atoms with E-state index in [4.69, 9.17) is 9.47 Å². The molecule has 0 rings (SSSR count). The SMILES string of the molecule is CC/C=C\C/C=C\C/C=C\C/C=C\C/C=C\C/C=C\CCCCCCCCCCCCC(=O)OC(CO)COC(=O)CCCCCCCCCCCCCCC/C=C\C/C=C\CCCCCCC. The van der Waals surface area contributed by atoms with Crippen molar-refractivity contribution in [3.8, 4) is 0 Å². The molecule has 0 aliphatic carbocycles. The minimum Gasteiger partial charge on any atom is -0.462 e. The van der Waals surface area contributed by atoms with E-state index in [0.717, 1.165) is 83.5 Å². The van der Waals surface area contributed by atoms with E-state index in [-0.39, 0.29) is 25.2 Å². The molecule has 0 aliphatic rings. The molecule has 0 saturated heterocycles. The predicted octanol–water partition coefficient (Wildman–Crippen LogP) is 19.5. The molecular weight excluding hydrogens is 837 g/mol. The van der Waals surface area contributed by atoms with Crippen molar-refractivity contribution in [1.29, 1.82) is 0 Å². The molecule has 0 fully saturated rings. The van der Waals surface area contributed by atoms with Crippen molar-refractivity contribution in [3.05, 3.63) is 97.2 Å². The van der Waals surface area contributed by atoms with Gasteiger partial charge in [-0.3, -0.25) is 9.59 Å². The number of ether oxygens (including phenoxy) is 2. The summed E-state index contributed by atoms with van der Waals surface area (Å²) in [5.74, 6) is -0.594. The number of unbranched alkanes of at least 4 members (excludes halogenated alkanes) is 28. The monoisotopic (exact) mass is 945 g/mol. The minimum absolute atomic E-state index is 0.0711. The quantitative estimate of drug-likeness (QED) is 0.0374. The van der Waals surface area contributed by atoms with E-state index in [1.54, 1.807) is 0 Å². The van der Waals surface area contributed by atoms with Crippen molar-refractivity contribution >= 4 is 11.9 Å². The average Bonchev–Trinajstić information content (AvgIpc) is 3.34. The van der Waals surface area contributed by atoms with Crippen LogP contribution in [-0.2, 0) is 19.1 Å². The highest BCUT2D eigenvalue weighted by molar-refractivity contribution is 5.70. The van der Waals surface area contributed by atoms with Crippen LogP contribution in [-0.4, -0.2) is 36.4 Å². The second kappa shape index (κ2) is 58.1. The van der Waals surface area contributed by atoms with E-state index in [1.807, 2.05) is 0 Å². The lowest BCUT2D eigenvalue weighted by Gasteiger charge is -2.15. The molecule has 0 aromatic heterocycles. The van der Waals surface area contributed by atoms with E-state index in [0.29, 0.717) is 12.8 Å². The predicted molar refractivity (Wildman–Crippen MR) is 297 cm³/mol. The van der Waals surface area contributed by atoms with Crippen molar-refractivity contribution in [2.75, 3.05) is 13.2 Å². The third-order valence-electron chi connectivity index (χ3n) is 12.4. The van der Waals surface area contributed by atoms with Crippen molar-refractivity contribution in [3.63, 3.8) is 0 Å². The summed E-state index contributed by atoms with van der Waals surface area (Å²) in [7, 11) is 0. The van der Waals surface area contributed by atoms with Gasteiger partial charge in [-0.2, -0.15) is 0 Å². The van der Waals surface area contributed by atoms with E-state index in [2.05, 4.69) is 111 Å². The minimum atomic E-state index is -0.781. The van der Waals surface area contributed by atoms with Crippen LogP contribution in [0, 0.1) is 0 Å². The number of allylic oxidation sites excluding steroid dienone is 16. The van der Waals surface area contributed by atoms with Crippen LogP contribution in [0.1, 0.15) is 271 Å². The second-order valence-electron chi connectivity index (χ2n) is 19.0. The maximum atomic E-state index is 12.3. The van der Waals surface area contributed by atoms with Gasteiger partial charge in [-0.25, -0.2) is 0 Å². The lowest BCUT2D eigenvalue weighted by Crippen LogP contribution is -2.28. The maximum absolute atomic E-state index is 12.3. The molecule has 0 saturated carbocycles. The molecule has 0 aliphatic heterocycles. The third kappa shape index (κ3) is 55.4. The Morgan fingerprint density at radius 2 is 0.632 bits per heavy atom. The highest BCUT2D eigenvalue weighted by Crippen LogP contribution is 2.16. The van der Waals surface area contributed by atoms with E-state index < -0.39 is 6.10 Å². The Labute approximate surface area is 421 Å². The Morgan fingerprint density at radius 3 is 0.956 bits per heavy atom. The Balaban J connectivity index is 3.52. The lowest BCUT2D eigenvalue weighted by atomic mass is 10.0. The molecule has 0 aromatic rings. The second-order valence-corrected chi connectivity index (χ2v) is 19.0. The first-order valence-corrected chi connectivity index (χ1v) is 28.8. The molecule has 0 bridgehead atoms. The number of aliphatic hydroxyl groups is 1. The summed E-state index contributed by atoms with van der Waals surface area (Å²) in [5, 5.41) is 9.66. The Morgan fingerprint density at radius 1 is 0.353 bits per heavy atom. The zero-order chi connectivity index (χ0) is 49.2. The van der Waals surface area contributed by atoms with E-state index >= 15 is 0 Å². The Bertz CT molecular complexity index is 1300. The van der Waals surface area contributed by atoms with Gasteiger partial charge >= 0.3 is 11.9 Å². The summed E-state index contributed by atoms with van der Waals surface area (Å²) < 4.78 is 10.7. The van der Waals surface area contributed by atoms with E-state index in [1.165, 1.54) is 161 Å². The molecule has 0 radical (unpaired) electrons. The maximum Gasteiger partial charge on any atom is 0.306 e. The standard InChI is InChI=1S/C63H108O5/c1-3-5-7-9-11-13-15-17-19-21-23-25-27-29-30-31-32-34-36-38-40-42-44-46-48-50-52-54-56-58-63(66)68-61(59-64)60-67-62(65)57-55-53-51-49-47-45-43-41-39-37-35-33-28-26-24-22-20-18-16-14-12-10-8-6-4-2/h5,7,11,13,16-19,22-25,29-30,32,34,61,64H,3-4,6,8-10,12,14-15,20-21,26-28,31,33,35-60H2,1-2H3/b7-5-,13-11-,18-16-,19-17-,24-22-,25-23-,30-29-,34-32-. The summed E-state index contributed by atoms with van der Waals surface area (Å²) in [6.45, 7) is 4.03. The normalized spacial score (nSPS) is 12.9. The van der Waals surface area contributed by atoms with Crippen molar-refractivity contribution in [2.45, 2.75) is 277 Å². The summed E-state index contributed by atoms with van der Waals surface area (Å²) >= 11 is 0. The number of hydrogen-bond acceptors (Lipinski definition) is 5. The zero-order valence-corrected chi connectivity index (χ0v) is 44.6. The molecule has 1 N–H and O–H groups in total. The fourth-order valence-corrected chi connectivity index (χ4v) is 8.06. The highest BCUT2D eigenvalue weighted by atomic mass is 16.6. The van der Waals surface area contributed by atoms with Gasteiger partial charge in [0.25, 0.3) is 0 Å². The van der Waals surface area contributed by atoms with Crippen molar-refractivity contribution in [1.82, 2.24) is 0 Å². The number of carbonyl (C=O) groups excluding carboxylic acids is 2. The number of hydrogen-bond donors (Lipinski definition) is 1. The summed E-state index contributed by atoms with van der Waals surface area (Å²) in [5.41, 5.74) is 0. The van der Waals surface area contributed by atoms with Gasteiger partial charge in [0.05, 0.1) is 6.61 Å². The molecule has 1 unspecified atom stereocenters. The molecule has 0 aromatic carbocycles. The zero-order valence-electron chi connectivity index (χ0n) is 44.6. The summed E-state index contributed by atoms with van der Waals surface area (Å²) in [4.78, 5) is 24.5. The topological polar surface area (TPSA) is 72.8 Å². The van der Waals surface area contributed by atoms with Gasteiger partial charge < -0.3 is 14.6 Å². The van der Waals surface area contributed by atoms with Gasteiger partial charge in [-0.15, -0.1) is 0 Å². The van der Waals surface area contributed by atoms with Gasteiger partial charge in [0.15, 0.2) is 6.10 Å². The van der Waals surface area contributed by atoms with Gasteiger partial charge in [-0.05, 0) is 96.3 Å². The number of carbonyl (C=O) groups is 2. The third-order valence-corrected chi connectivity index (χ3v) is 12.4. The fourth-order valence-electron chi connectivity index (χ4n) is 8.06. The fraction of sp³-hybridized carbons (Fsp3) is 0.714. The molecule has 68 heavy (non-hydrogen) atoms. The molecule has 0 heterocycles. The van der Waals surface area contributed by atoms with Crippen LogP contribution in [0.3, 0.4) is 0 Å². The summed E-state index contributed by atoms with van der Waals surface area (Å²) in [6.07, 6.45) is 82.3. The first kappa shape index (κ1) is 64.8. The molecular formula is C63H108O5. The van der Waals surface area contributed by atoms with Gasteiger partial charge in [0, 0.05) is 12.8 Å². The van der Waals surface area contributed by atoms with Crippen molar-refractivity contribution in [2.24, 2.45) is 0 Å². The first-order valence-electron chi connectivity index (χ1n) is 28.8. The van der Waals surface area contributed by atoms with E-state index in [9.17, 15) is 14.7 Å². The molecule has 1 atom stereocenters. The Kier molecular flexibility index (Phi) is 55.4. The van der Waals surface area contributed by atoms with Crippen LogP contribution in [0.25, 0.3) is 0 Å². The summed E-state index contributed by atoms with van der Waals surface area (Å²) in [6, 6.07) is 0. The lowest BCUT2D eigenvalue weighted by molar-refractivity contribution is -0.161. The number of esters is 2.